The topological polar surface area (TPSA) is 136 Å². The van der Waals surface area contributed by atoms with E-state index in [1.54, 1.807) is 6.33 Å². The molecule has 4 heterocycles. The van der Waals surface area contributed by atoms with Gasteiger partial charge in [0.05, 0.1) is 6.33 Å². The van der Waals surface area contributed by atoms with E-state index in [4.69, 9.17) is 24.7 Å². The molecular formula is C27H34N6O5. The van der Waals surface area contributed by atoms with Crippen molar-refractivity contribution >= 4 is 23.0 Å². The molecule has 2 aliphatic heterocycles. The Bertz CT molecular complexity index is 1280. The van der Waals surface area contributed by atoms with Crippen LogP contribution in [0, 0.1) is 5.92 Å². The molecule has 0 spiro atoms. The van der Waals surface area contributed by atoms with Gasteiger partial charge < -0.3 is 30.0 Å². The summed E-state index contributed by atoms with van der Waals surface area (Å²) >= 11 is 0. The molecule has 1 aliphatic carbocycles. The lowest BCUT2D eigenvalue weighted by atomic mass is 9.77. The van der Waals surface area contributed by atoms with Crippen molar-refractivity contribution in [2.45, 2.75) is 82.5 Å². The third-order valence-corrected chi connectivity index (χ3v) is 7.63. The van der Waals surface area contributed by atoms with Crippen LogP contribution in [0.25, 0.3) is 11.2 Å². The van der Waals surface area contributed by atoms with Crippen LogP contribution in [0.15, 0.2) is 43.0 Å². The van der Waals surface area contributed by atoms with Crippen molar-refractivity contribution < 1.29 is 23.7 Å². The molecule has 0 bridgehead atoms. The van der Waals surface area contributed by atoms with E-state index in [1.165, 1.54) is 6.33 Å². The van der Waals surface area contributed by atoms with Crippen LogP contribution in [0.4, 0.5) is 5.82 Å². The average molecular weight is 523 g/mol. The number of carbonyl (C=O) groups is 1. The Morgan fingerprint density at radius 3 is 2.76 bits per heavy atom. The maximum atomic E-state index is 12.1. The summed E-state index contributed by atoms with van der Waals surface area (Å²) in [4.78, 5) is 24.9. The van der Waals surface area contributed by atoms with Crippen LogP contribution in [-0.2, 0) is 30.3 Å². The molecule has 0 amide bonds. The number of anilines is 1. The van der Waals surface area contributed by atoms with Crippen molar-refractivity contribution in [1.29, 1.82) is 0 Å². The lowest BCUT2D eigenvalue weighted by Gasteiger charge is -2.37. The summed E-state index contributed by atoms with van der Waals surface area (Å²) in [7, 11) is 0. The van der Waals surface area contributed by atoms with Gasteiger partial charge >= 0.3 is 5.97 Å². The predicted molar refractivity (Wildman–Crippen MR) is 137 cm³/mol. The first kappa shape index (κ1) is 25.2. The minimum absolute atomic E-state index is 0.137. The van der Waals surface area contributed by atoms with Crippen LogP contribution in [0.1, 0.15) is 51.3 Å². The number of hydrogen-bond donors (Lipinski definition) is 2. The number of imidazole rings is 1. The summed E-state index contributed by atoms with van der Waals surface area (Å²) < 4.78 is 26.2. The second-order valence-electron chi connectivity index (χ2n) is 10.8. The predicted octanol–water partition coefficient (Wildman–Crippen LogP) is 2.72. The van der Waals surface area contributed by atoms with E-state index in [0.717, 1.165) is 24.8 Å². The van der Waals surface area contributed by atoms with Crippen molar-refractivity contribution in [3.63, 3.8) is 0 Å². The molecule has 2 aromatic heterocycles. The molecule has 4 atom stereocenters. The van der Waals surface area contributed by atoms with Gasteiger partial charge in [-0.25, -0.2) is 15.0 Å². The number of nitrogens with one attached hydrogen (secondary N) is 1. The number of nitrogens with zero attached hydrogens (tertiary/aromatic N) is 4. The Morgan fingerprint density at radius 1 is 1.16 bits per heavy atom. The van der Waals surface area contributed by atoms with Crippen LogP contribution in [0.3, 0.4) is 0 Å². The van der Waals surface area contributed by atoms with Gasteiger partial charge in [-0.2, -0.15) is 0 Å². The normalized spacial score (nSPS) is 29.7. The molecule has 11 heteroatoms. The quantitative estimate of drug-likeness (QED) is 0.404. The second-order valence-corrected chi connectivity index (χ2v) is 10.8. The van der Waals surface area contributed by atoms with E-state index in [9.17, 15) is 4.79 Å². The Hall–Kier alpha value is -3.12. The van der Waals surface area contributed by atoms with Crippen LogP contribution in [0.5, 0.6) is 0 Å². The Kier molecular flexibility index (Phi) is 6.77. The standard InChI is InChI=1S/C27H34N6O5/c1-27(2)37-22-19(36-26(23(22)38-27)33-15-32-21-24(28)30-14-31-25(21)33)12-29-18-10-17(11-18)8-9-20(34)35-13-16-6-4-3-5-7-16/h3-7,14-15,17-19,22-23,26,29H,8-13H2,1-2H3,(H2,28,30,31). The molecule has 1 aromatic carbocycles. The van der Waals surface area contributed by atoms with Crippen LogP contribution < -0.4 is 11.1 Å². The number of esters is 1. The van der Waals surface area contributed by atoms with Gasteiger partial charge in [0, 0.05) is 19.0 Å². The van der Waals surface area contributed by atoms with E-state index in [1.807, 2.05) is 48.7 Å². The maximum Gasteiger partial charge on any atom is 0.306 e. The van der Waals surface area contributed by atoms with Crippen molar-refractivity contribution in [1.82, 2.24) is 24.8 Å². The summed E-state index contributed by atoms with van der Waals surface area (Å²) in [5.74, 6) is 0.00172. The minimum atomic E-state index is -0.712. The molecule has 11 nitrogen and oxygen atoms in total. The SMILES string of the molecule is CC1(C)OC2C(CNC3CC(CCC(=O)OCc4ccccc4)C3)OC(n3cnc4c(N)ncnc43)C2O1. The third kappa shape index (κ3) is 5.11. The first-order valence-electron chi connectivity index (χ1n) is 13.2. The van der Waals surface area contributed by atoms with E-state index in [-0.39, 0.29) is 24.3 Å². The van der Waals surface area contributed by atoms with E-state index in [0.29, 0.717) is 48.5 Å². The zero-order chi connectivity index (χ0) is 26.3. The summed E-state index contributed by atoms with van der Waals surface area (Å²) in [5.41, 5.74) is 8.13. The van der Waals surface area contributed by atoms with Crippen LogP contribution in [0.2, 0.25) is 0 Å². The highest BCUT2D eigenvalue weighted by Crippen LogP contribution is 2.44. The lowest BCUT2D eigenvalue weighted by Crippen LogP contribution is -2.47. The first-order chi connectivity index (χ1) is 18.4. The van der Waals surface area contributed by atoms with Crippen molar-refractivity contribution in [3.8, 4) is 0 Å². The maximum absolute atomic E-state index is 12.1. The number of nitrogens with two attached hydrogens (primary N) is 1. The van der Waals surface area contributed by atoms with Gasteiger partial charge in [0.25, 0.3) is 0 Å². The molecule has 1 saturated carbocycles. The molecule has 38 heavy (non-hydrogen) atoms. The zero-order valence-corrected chi connectivity index (χ0v) is 21.7. The summed E-state index contributed by atoms with van der Waals surface area (Å²) in [6, 6.07) is 10.1. The molecule has 202 valence electrons. The molecule has 3 N–H and O–H groups in total. The van der Waals surface area contributed by atoms with Crippen molar-refractivity contribution in [2.75, 3.05) is 12.3 Å². The molecule has 4 unspecified atom stereocenters. The Balaban J connectivity index is 0.992. The third-order valence-electron chi connectivity index (χ3n) is 7.63. The minimum Gasteiger partial charge on any atom is -0.461 e. The van der Waals surface area contributed by atoms with Crippen molar-refractivity contribution in [2.24, 2.45) is 5.92 Å². The summed E-state index contributed by atoms with van der Waals surface area (Å²) in [5, 5.41) is 3.63. The van der Waals surface area contributed by atoms with Crippen LogP contribution in [-0.4, -0.2) is 62.2 Å². The highest BCUT2D eigenvalue weighted by Gasteiger charge is 2.56. The van der Waals surface area contributed by atoms with Crippen molar-refractivity contribution in [3.05, 3.63) is 48.5 Å². The fourth-order valence-electron chi connectivity index (χ4n) is 5.66. The number of hydrogen-bond acceptors (Lipinski definition) is 10. The highest BCUT2D eigenvalue weighted by molar-refractivity contribution is 5.81. The summed E-state index contributed by atoms with van der Waals surface area (Å²) in [6.07, 6.45) is 5.28. The zero-order valence-electron chi connectivity index (χ0n) is 21.7. The first-order valence-corrected chi connectivity index (χ1v) is 13.2. The summed E-state index contributed by atoms with van der Waals surface area (Å²) in [6.45, 7) is 4.80. The van der Waals surface area contributed by atoms with Gasteiger partial charge in [-0.1, -0.05) is 30.3 Å². The molecule has 2 saturated heterocycles. The number of aromatic nitrogens is 4. The van der Waals surface area contributed by atoms with Gasteiger partial charge in [-0.05, 0) is 44.6 Å². The van der Waals surface area contributed by atoms with E-state index >= 15 is 0 Å². The van der Waals surface area contributed by atoms with Gasteiger partial charge in [0.2, 0.25) is 0 Å². The molecule has 0 radical (unpaired) electrons. The molecule has 3 fully saturated rings. The van der Waals surface area contributed by atoms with Gasteiger partial charge in [-0.15, -0.1) is 0 Å². The van der Waals surface area contributed by atoms with E-state index in [2.05, 4.69) is 20.3 Å². The number of ether oxygens (including phenoxy) is 4. The number of nitrogen functional groups attached to an aromatic ring is 1. The largest absolute Gasteiger partial charge is 0.461 e. The smallest absolute Gasteiger partial charge is 0.306 e. The number of fused-ring (bicyclic) bond motifs is 2. The second kappa shape index (κ2) is 10.2. The molecule has 6 rings (SSSR count). The number of rotatable bonds is 9. The van der Waals surface area contributed by atoms with E-state index < -0.39 is 12.0 Å². The molecular weight excluding hydrogens is 488 g/mol. The average Bonchev–Trinajstić information content (AvgIpc) is 3.53. The fraction of sp³-hybridized carbons (Fsp3) is 0.556. The Morgan fingerprint density at radius 2 is 1.95 bits per heavy atom. The molecule has 3 aliphatic rings. The fourth-order valence-corrected chi connectivity index (χ4v) is 5.66. The number of carbonyl (C=O) groups excluding carboxylic acids is 1. The monoisotopic (exact) mass is 522 g/mol. The van der Waals surface area contributed by atoms with Gasteiger partial charge in [0.15, 0.2) is 23.5 Å². The molecule has 3 aromatic rings. The van der Waals surface area contributed by atoms with Crippen LogP contribution >= 0.6 is 0 Å². The highest BCUT2D eigenvalue weighted by atomic mass is 16.8. The van der Waals surface area contributed by atoms with Gasteiger partial charge in [0.1, 0.15) is 36.8 Å². The number of benzene rings is 1. The lowest BCUT2D eigenvalue weighted by molar-refractivity contribution is -0.196. The Labute approximate surface area is 221 Å². The van der Waals surface area contributed by atoms with Gasteiger partial charge in [-0.3, -0.25) is 9.36 Å².